The predicted octanol–water partition coefficient (Wildman–Crippen LogP) is 1.21. The van der Waals surface area contributed by atoms with Gasteiger partial charge in [0.05, 0.1) is 12.7 Å². The van der Waals surface area contributed by atoms with Crippen molar-refractivity contribution < 1.29 is 19.3 Å². The van der Waals surface area contributed by atoms with E-state index in [4.69, 9.17) is 14.2 Å². The molecule has 110 valence electrons. The van der Waals surface area contributed by atoms with E-state index in [1.54, 1.807) is 0 Å². The summed E-state index contributed by atoms with van der Waals surface area (Å²) >= 11 is 0. The van der Waals surface area contributed by atoms with Gasteiger partial charge >= 0.3 is 0 Å². The van der Waals surface area contributed by atoms with Gasteiger partial charge in [0, 0.05) is 19.2 Å². The number of aliphatic hydroxyl groups is 1. The smallest absolute Gasteiger partial charge is 0.161 e. The lowest BCUT2D eigenvalue weighted by Gasteiger charge is -2.26. The molecule has 1 aromatic carbocycles. The molecular formula is C15H21NO4. The van der Waals surface area contributed by atoms with E-state index in [-0.39, 0.29) is 0 Å². The molecule has 3 rings (SSSR count). The Balaban J connectivity index is 1.65. The second-order valence-electron chi connectivity index (χ2n) is 5.38. The molecule has 0 bridgehead atoms. The highest BCUT2D eigenvalue weighted by Crippen LogP contribution is 2.32. The summed E-state index contributed by atoms with van der Waals surface area (Å²) in [6.07, 6.45) is 0.501. The van der Waals surface area contributed by atoms with Gasteiger partial charge in [0.15, 0.2) is 11.5 Å². The van der Waals surface area contributed by atoms with Crippen LogP contribution >= 0.6 is 0 Å². The lowest BCUT2D eigenvalue weighted by atomic mass is 10.1. The van der Waals surface area contributed by atoms with E-state index >= 15 is 0 Å². The van der Waals surface area contributed by atoms with Crippen LogP contribution in [-0.4, -0.2) is 56.1 Å². The second kappa shape index (κ2) is 5.99. The van der Waals surface area contributed by atoms with Crippen LogP contribution in [0.1, 0.15) is 18.1 Å². The fraction of sp³-hybridized carbons (Fsp3) is 0.600. The number of fused-ring (bicyclic) bond motifs is 1. The molecular weight excluding hydrogens is 258 g/mol. The molecule has 5 heteroatoms. The standard InChI is InChI=1S/C15H21NO4/c1-16(12-4-5-18-10-12)9-13(17)11-2-3-14-15(8-11)20-7-6-19-14/h2-3,8,12-13,17H,4-7,9-10H2,1H3. The number of rotatable bonds is 4. The normalized spacial score (nSPS) is 23.1. The zero-order chi connectivity index (χ0) is 13.9. The summed E-state index contributed by atoms with van der Waals surface area (Å²) in [4.78, 5) is 2.16. The van der Waals surface area contributed by atoms with Gasteiger partial charge in [-0.15, -0.1) is 0 Å². The number of aliphatic hydroxyl groups excluding tert-OH is 1. The van der Waals surface area contributed by atoms with E-state index in [2.05, 4.69) is 4.90 Å². The quantitative estimate of drug-likeness (QED) is 0.898. The minimum absolute atomic E-state index is 0.405. The Bertz CT molecular complexity index is 459. The summed E-state index contributed by atoms with van der Waals surface area (Å²) in [6, 6.07) is 6.04. The minimum Gasteiger partial charge on any atom is -0.486 e. The van der Waals surface area contributed by atoms with E-state index in [1.807, 2.05) is 25.2 Å². The van der Waals surface area contributed by atoms with Crippen LogP contribution in [0.5, 0.6) is 11.5 Å². The fourth-order valence-corrected chi connectivity index (χ4v) is 2.66. The highest BCUT2D eigenvalue weighted by atomic mass is 16.6. The van der Waals surface area contributed by atoms with E-state index in [0.29, 0.717) is 25.8 Å². The molecule has 2 aliphatic rings. The van der Waals surface area contributed by atoms with Crippen LogP contribution in [0.3, 0.4) is 0 Å². The van der Waals surface area contributed by atoms with Gasteiger partial charge < -0.3 is 19.3 Å². The maximum Gasteiger partial charge on any atom is 0.161 e. The summed E-state index contributed by atoms with van der Waals surface area (Å²) in [5.41, 5.74) is 0.861. The molecule has 5 nitrogen and oxygen atoms in total. The van der Waals surface area contributed by atoms with E-state index in [0.717, 1.165) is 36.7 Å². The number of hydrogen-bond donors (Lipinski definition) is 1. The monoisotopic (exact) mass is 279 g/mol. The number of benzene rings is 1. The highest BCUT2D eigenvalue weighted by Gasteiger charge is 2.23. The second-order valence-corrected chi connectivity index (χ2v) is 5.38. The van der Waals surface area contributed by atoms with Crippen LogP contribution < -0.4 is 9.47 Å². The molecule has 1 fully saturated rings. The first-order valence-corrected chi connectivity index (χ1v) is 7.09. The van der Waals surface area contributed by atoms with Crippen molar-refractivity contribution in [2.24, 2.45) is 0 Å². The lowest BCUT2D eigenvalue weighted by Crippen LogP contribution is -2.35. The first-order chi connectivity index (χ1) is 9.74. The molecule has 20 heavy (non-hydrogen) atoms. The van der Waals surface area contributed by atoms with Gasteiger partial charge in [-0.3, -0.25) is 4.90 Å². The molecule has 2 aliphatic heterocycles. The molecule has 2 heterocycles. The van der Waals surface area contributed by atoms with Crippen LogP contribution in [0.25, 0.3) is 0 Å². The van der Waals surface area contributed by atoms with Crippen molar-refractivity contribution in [3.05, 3.63) is 23.8 Å². The first kappa shape index (κ1) is 13.7. The van der Waals surface area contributed by atoms with Crippen LogP contribution in [0.15, 0.2) is 18.2 Å². The van der Waals surface area contributed by atoms with Crippen LogP contribution in [0.4, 0.5) is 0 Å². The maximum atomic E-state index is 10.4. The Hall–Kier alpha value is -1.30. The Morgan fingerprint density at radius 2 is 2.05 bits per heavy atom. The average Bonchev–Trinajstić information content (AvgIpc) is 3.01. The zero-order valence-electron chi connectivity index (χ0n) is 11.7. The van der Waals surface area contributed by atoms with Crippen LogP contribution in [0.2, 0.25) is 0 Å². The fourth-order valence-electron chi connectivity index (χ4n) is 2.66. The first-order valence-electron chi connectivity index (χ1n) is 7.09. The maximum absolute atomic E-state index is 10.4. The molecule has 0 spiro atoms. The van der Waals surface area contributed by atoms with Gasteiger partial charge in [0.2, 0.25) is 0 Å². The molecule has 0 saturated carbocycles. The Morgan fingerprint density at radius 3 is 2.80 bits per heavy atom. The molecule has 1 N–H and O–H groups in total. The van der Waals surface area contributed by atoms with Gasteiger partial charge in [-0.1, -0.05) is 6.07 Å². The number of ether oxygens (including phenoxy) is 3. The Morgan fingerprint density at radius 1 is 1.25 bits per heavy atom. The van der Waals surface area contributed by atoms with Gasteiger partial charge in [-0.2, -0.15) is 0 Å². The van der Waals surface area contributed by atoms with E-state index in [1.165, 1.54) is 0 Å². The number of nitrogens with zero attached hydrogens (tertiary/aromatic N) is 1. The summed E-state index contributed by atoms with van der Waals surface area (Å²) in [6.45, 7) is 3.30. The zero-order valence-corrected chi connectivity index (χ0v) is 11.7. The SMILES string of the molecule is CN(CC(O)c1ccc2c(c1)OCCO2)C1CCOC1. The molecule has 0 aliphatic carbocycles. The Kier molecular flexibility index (Phi) is 4.10. The molecule has 2 atom stereocenters. The van der Waals surface area contributed by atoms with Crippen molar-refractivity contribution in [1.29, 1.82) is 0 Å². The summed E-state index contributed by atoms with van der Waals surface area (Å²) in [7, 11) is 2.03. The lowest BCUT2D eigenvalue weighted by molar-refractivity contribution is 0.0944. The van der Waals surface area contributed by atoms with Crippen molar-refractivity contribution in [3.63, 3.8) is 0 Å². The van der Waals surface area contributed by atoms with Gasteiger partial charge in [-0.05, 0) is 31.2 Å². The molecule has 0 amide bonds. The minimum atomic E-state index is -0.531. The third kappa shape index (κ3) is 2.90. The average molecular weight is 279 g/mol. The summed E-state index contributed by atoms with van der Waals surface area (Å²) in [5.74, 6) is 1.48. The van der Waals surface area contributed by atoms with Gasteiger partial charge in [-0.25, -0.2) is 0 Å². The van der Waals surface area contributed by atoms with Crippen molar-refractivity contribution in [2.75, 3.05) is 40.0 Å². The summed E-state index contributed by atoms with van der Waals surface area (Å²) in [5, 5.41) is 10.4. The Labute approximate surface area is 119 Å². The van der Waals surface area contributed by atoms with Crippen molar-refractivity contribution in [1.82, 2.24) is 4.90 Å². The van der Waals surface area contributed by atoms with E-state index < -0.39 is 6.10 Å². The van der Waals surface area contributed by atoms with Crippen LogP contribution in [-0.2, 0) is 4.74 Å². The predicted molar refractivity (Wildman–Crippen MR) is 74.2 cm³/mol. The number of hydrogen-bond acceptors (Lipinski definition) is 5. The third-order valence-electron chi connectivity index (χ3n) is 3.94. The highest BCUT2D eigenvalue weighted by molar-refractivity contribution is 5.44. The topological polar surface area (TPSA) is 51.2 Å². The molecule has 1 saturated heterocycles. The van der Waals surface area contributed by atoms with Crippen molar-refractivity contribution >= 4 is 0 Å². The largest absolute Gasteiger partial charge is 0.486 e. The van der Waals surface area contributed by atoms with Crippen LogP contribution in [0, 0.1) is 0 Å². The molecule has 2 unspecified atom stereocenters. The van der Waals surface area contributed by atoms with Crippen molar-refractivity contribution in [3.8, 4) is 11.5 Å². The molecule has 0 aromatic heterocycles. The molecule has 1 aromatic rings. The van der Waals surface area contributed by atoms with Gasteiger partial charge in [0.1, 0.15) is 13.2 Å². The third-order valence-corrected chi connectivity index (χ3v) is 3.94. The number of likely N-dealkylation sites (N-methyl/N-ethyl adjacent to an activating group) is 1. The van der Waals surface area contributed by atoms with E-state index in [9.17, 15) is 5.11 Å². The van der Waals surface area contributed by atoms with Crippen molar-refractivity contribution in [2.45, 2.75) is 18.6 Å². The van der Waals surface area contributed by atoms with Gasteiger partial charge in [0.25, 0.3) is 0 Å². The summed E-state index contributed by atoms with van der Waals surface area (Å²) < 4.78 is 16.4. The molecule has 0 radical (unpaired) electrons.